The zero-order chi connectivity index (χ0) is 20.1. The van der Waals surface area contributed by atoms with Gasteiger partial charge in [0.05, 0.1) is 13.2 Å². The molecule has 4 rings (SSSR count). The van der Waals surface area contributed by atoms with Gasteiger partial charge in [-0.15, -0.1) is 24.0 Å². The zero-order valence-corrected chi connectivity index (χ0v) is 19.6. The molecular formula is C23H29IN4O2. The summed E-state index contributed by atoms with van der Waals surface area (Å²) >= 11 is 0. The minimum Gasteiger partial charge on any atom is -0.493 e. The van der Waals surface area contributed by atoms with Crippen LogP contribution in [-0.2, 0) is 24.1 Å². The van der Waals surface area contributed by atoms with Crippen molar-refractivity contribution >= 4 is 41.5 Å². The highest BCUT2D eigenvalue weighted by molar-refractivity contribution is 14.0. The number of carbonyl (C=O) groups is 1. The number of hydrogen-bond acceptors (Lipinski definition) is 3. The van der Waals surface area contributed by atoms with Crippen LogP contribution in [0.2, 0.25) is 0 Å². The van der Waals surface area contributed by atoms with Gasteiger partial charge < -0.3 is 20.3 Å². The van der Waals surface area contributed by atoms with E-state index in [2.05, 4.69) is 39.9 Å². The van der Waals surface area contributed by atoms with Crippen molar-refractivity contribution in [3.63, 3.8) is 0 Å². The maximum atomic E-state index is 12.8. The summed E-state index contributed by atoms with van der Waals surface area (Å²) in [5.74, 6) is 1.73. The van der Waals surface area contributed by atoms with E-state index in [4.69, 9.17) is 4.74 Å². The van der Waals surface area contributed by atoms with Gasteiger partial charge in [0.2, 0.25) is 5.91 Å². The quantitative estimate of drug-likeness (QED) is 0.362. The fourth-order valence-electron chi connectivity index (χ4n) is 3.99. The standard InChI is InChI=1S/C23H28N4O2.HI/c1-24-23(25-12-10-17-8-9-21-19(15-17)11-14-29-21)26-16-22(28)27-13-4-6-18-5-2-3-7-20(18)27;/h2-3,5,7-9,15H,4,6,10-14,16H2,1H3,(H2,24,25,26);1H. The Morgan fingerprint density at radius 1 is 1.13 bits per heavy atom. The lowest BCUT2D eigenvalue weighted by molar-refractivity contribution is -0.117. The average molecular weight is 520 g/mol. The van der Waals surface area contributed by atoms with Crippen molar-refractivity contribution in [1.29, 1.82) is 0 Å². The number of nitrogens with one attached hydrogen (secondary N) is 2. The number of ether oxygens (including phenoxy) is 1. The van der Waals surface area contributed by atoms with Crippen LogP contribution in [0.1, 0.15) is 23.1 Å². The van der Waals surface area contributed by atoms with Gasteiger partial charge in [0, 0.05) is 32.2 Å². The number of halogens is 1. The predicted octanol–water partition coefficient (Wildman–Crippen LogP) is 2.93. The van der Waals surface area contributed by atoms with E-state index in [1.54, 1.807) is 7.05 Å². The summed E-state index contributed by atoms with van der Waals surface area (Å²) in [7, 11) is 1.72. The van der Waals surface area contributed by atoms with E-state index in [1.165, 1.54) is 16.7 Å². The van der Waals surface area contributed by atoms with Crippen LogP contribution in [-0.4, -0.2) is 45.2 Å². The number of amides is 1. The molecule has 1 amide bonds. The van der Waals surface area contributed by atoms with Gasteiger partial charge in [-0.3, -0.25) is 9.79 Å². The monoisotopic (exact) mass is 520 g/mol. The van der Waals surface area contributed by atoms with Gasteiger partial charge in [0.15, 0.2) is 5.96 Å². The van der Waals surface area contributed by atoms with Gasteiger partial charge in [-0.05, 0) is 48.1 Å². The van der Waals surface area contributed by atoms with E-state index in [1.807, 2.05) is 23.1 Å². The van der Waals surface area contributed by atoms with Gasteiger partial charge in [-0.25, -0.2) is 0 Å². The number of guanidine groups is 1. The first-order chi connectivity index (χ1) is 14.2. The Bertz CT molecular complexity index is 916. The second kappa shape index (κ2) is 10.7. The molecule has 30 heavy (non-hydrogen) atoms. The molecule has 2 heterocycles. The highest BCUT2D eigenvalue weighted by Crippen LogP contribution is 2.27. The number of aliphatic imine (C=N–C) groups is 1. The zero-order valence-electron chi connectivity index (χ0n) is 17.3. The Morgan fingerprint density at radius 2 is 2.00 bits per heavy atom. The molecule has 2 aliphatic heterocycles. The number of aryl methyl sites for hydroxylation is 1. The molecule has 0 saturated heterocycles. The SMILES string of the molecule is CN=C(NCCc1ccc2c(c1)CCO2)NCC(=O)N1CCCc2ccccc21.I. The van der Waals surface area contributed by atoms with Crippen molar-refractivity contribution in [2.75, 3.05) is 38.2 Å². The van der Waals surface area contributed by atoms with Crippen molar-refractivity contribution in [3.8, 4) is 5.75 Å². The molecule has 2 aromatic rings. The number of carbonyl (C=O) groups excluding carboxylic acids is 1. The third-order valence-electron chi connectivity index (χ3n) is 5.50. The van der Waals surface area contributed by atoms with E-state index in [0.717, 1.165) is 56.8 Å². The highest BCUT2D eigenvalue weighted by Gasteiger charge is 2.22. The van der Waals surface area contributed by atoms with E-state index < -0.39 is 0 Å². The summed E-state index contributed by atoms with van der Waals surface area (Å²) in [6.45, 7) is 2.53. The van der Waals surface area contributed by atoms with Crippen LogP contribution in [0.25, 0.3) is 0 Å². The van der Waals surface area contributed by atoms with Gasteiger partial charge in [0.25, 0.3) is 0 Å². The Labute approximate surface area is 195 Å². The maximum Gasteiger partial charge on any atom is 0.246 e. The average Bonchev–Trinajstić information content (AvgIpc) is 3.23. The second-order valence-electron chi connectivity index (χ2n) is 7.42. The number of hydrogen-bond donors (Lipinski definition) is 2. The van der Waals surface area contributed by atoms with Crippen LogP contribution in [0, 0.1) is 0 Å². The molecule has 7 heteroatoms. The van der Waals surface area contributed by atoms with Crippen LogP contribution >= 0.6 is 24.0 Å². The van der Waals surface area contributed by atoms with Gasteiger partial charge >= 0.3 is 0 Å². The molecule has 0 unspecified atom stereocenters. The lowest BCUT2D eigenvalue weighted by Crippen LogP contribution is -2.46. The van der Waals surface area contributed by atoms with Crippen LogP contribution in [0.15, 0.2) is 47.5 Å². The van der Waals surface area contributed by atoms with Gasteiger partial charge in [-0.1, -0.05) is 30.3 Å². The van der Waals surface area contributed by atoms with Crippen molar-refractivity contribution in [2.24, 2.45) is 4.99 Å². The molecule has 2 N–H and O–H groups in total. The third kappa shape index (κ3) is 5.24. The van der Waals surface area contributed by atoms with Crippen LogP contribution in [0.4, 0.5) is 5.69 Å². The number of para-hydroxylation sites is 1. The smallest absolute Gasteiger partial charge is 0.246 e. The topological polar surface area (TPSA) is 66.0 Å². The molecule has 0 aliphatic carbocycles. The summed E-state index contributed by atoms with van der Waals surface area (Å²) in [6.07, 6.45) is 3.91. The summed E-state index contributed by atoms with van der Waals surface area (Å²) in [6, 6.07) is 14.5. The molecule has 0 atom stereocenters. The highest BCUT2D eigenvalue weighted by atomic mass is 127. The number of anilines is 1. The van der Waals surface area contributed by atoms with Crippen molar-refractivity contribution in [1.82, 2.24) is 10.6 Å². The molecule has 2 aromatic carbocycles. The minimum absolute atomic E-state index is 0. The van der Waals surface area contributed by atoms with Crippen molar-refractivity contribution < 1.29 is 9.53 Å². The maximum absolute atomic E-state index is 12.8. The predicted molar refractivity (Wildman–Crippen MR) is 131 cm³/mol. The Hall–Kier alpha value is -2.29. The lowest BCUT2D eigenvalue weighted by Gasteiger charge is -2.29. The Balaban J connectivity index is 0.00000256. The van der Waals surface area contributed by atoms with E-state index in [9.17, 15) is 4.79 Å². The molecular weight excluding hydrogens is 491 g/mol. The molecule has 0 fully saturated rings. The molecule has 0 radical (unpaired) electrons. The van der Waals surface area contributed by atoms with Gasteiger partial charge in [-0.2, -0.15) is 0 Å². The van der Waals surface area contributed by atoms with Crippen LogP contribution in [0.5, 0.6) is 5.75 Å². The number of rotatable bonds is 5. The molecule has 160 valence electrons. The molecule has 0 bridgehead atoms. The third-order valence-corrected chi connectivity index (χ3v) is 5.50. The fourth-order valence-corrected chi connectivity index (χ4v) is 3.99. The number of benzene rings is 2. The first kappa shape index (κ1) is 22.4. The van der Waals surface area contributed by atoms with Crippen LogP contribution < -0.4 is 20.3 Å². The van der Waals surface area contributed by atoms with E-state index in [0.29, 0.717) is 5.96 Å². The summed E-state index contributed by atoms with van der Waals surface area (Å²) < 4.78 is 5.56. The minimum atomic E-state index is 0. The summed E-state index contributed by atoms with van der Waals surface area (Å²) in [4.78, 5) is 18.9. The van der Waals surface area contributed by atoms with E-state index in [-0.39, 0.29) is 36.4 Å². The number of nitrogens with zero attached hydrogens (tertiary/aromatic N) is 2. The molecule has 0 saturated carbocycles. The largest absolute Gasteiger partial charge is 0.493 e. The molecule has 6 nitrogen and oxygen atoms in total. The summed E-state index contributed by atoms with van der Waals surface area (Å²) in [5, 5.41) is 6.45. The Kier molecular flexibility index (Phi) is 7.95. The second-order valence-corrected chi connectivity index (χ2v) is 7.42. The molecule has 0 spiro atoms. The van der Waals surface area contributed by atoms with Crippen molar-refractivity contribution in [3.05, 3.63) is 59.2 Å². The van der Waals surface area contributed by atoms with Crippen LogP contribution in [0.3, 0.4) is 0 Å². The lowest BCUT2D eigenvalue weighted by atomic mass is 10.0. The Morgan fingerprint density at radius 3 is 2.87 bits per heavy atom. The fraction of sp³-hybridized carbons (Fsp3) is 0.391. The first-order valence-electron chi connectivity index (χ1n) is 10.3. The molecule has 0 aromatic heterocycles. The first-order valence-corrected chi connectivity index (χ1v) is 10.3. The van der Waals surface area contributed by atoms with Gasteiger partial charge in [0.1, 0.15) is 5.75 Å². The molecule has 2 aliphatic rings. The normalized spacial score (nSPS) is 14.8. The van der Waals surface area contributed by atoms with E-state index >= 15 is 0 Å². The number of fused-ring (bicyclic) bond motifs is 2. The summed E-state index contributed by atoms with van der Waals surface area (Å²) in [5.41, 5.74) is 4.85. The van der Waals surface area contributed by atoms with Crippen molar-refractivity contribution in [2.45, 2.75) is 25.7 Å².